The second-order valence-electron chi connectivity index (χ2n) is 30.0. The topological polar surface area (TPSA) is 95.8 Å². The number of aliphatic hydroxyl groups excluding tert-OH is 2. The number of hydrogen-bond acceptors (Lipinski definition) is 8. The van der Waals surface area contributed by atoms with Crippen molar-refractivity contribution in [1.82, 2.24) is 0 Å². The zero-order chi connectivity index (χ0) is 69.5. The molecule has 8 heteroatoms. The lowest BCUT2D eigenvalue weighted by molar-refractivity contribution is -0.00759. The molecule has 0 saturated carbocycles. The molecule has 15 aromatic carbocycles. The first-order valence-electron chi connectivity index (χ1n) is 39.7. The molecule has 0 saturated heterocycles. The van der Waals surface area contributed by atoms with E-state index in [9.17, 15) is 0 Å². The number of rotatable bonds is 44. The van der Waals surface area contributed by atoms with Gasteiger partial charge in [-0.05, 0) is 264 Å². The summed E-state index contributed by atoms with van der Waals surface area (Å²) in [4.78, 5) is 0. The lowest BCUT2D eigenvalue weighted by Gasteiger charge is -2.30. The Balaban J connectivity index is 0.902. The smallest absolute Gasteiger partial charge is 0.119 e. The van der Waals surface area contributed by atoms with Crippen molar-refractivity contribution in [1.29, 1.82) is 0 Å². The van der Waals surface area contributed by atoms with Crippen LogP contribution < -0.4 is 9.47 Å². The summed E-state index contributed by atoms with van der Waals surface area (Å²) < 4.78 is 36.1. The first-order valence-corrected chi connectivity index (χ1v) is 39.7. The number of hydrogen-bond donors (Lipinski definition) is 2. The first kappa shape index (κ1) is 70.0. The lowest BCUT2D eigenvalue weighted by atomic mass is 9.72. The molecule has 0 radical (unpaired) electrons. The highest BCUT2D eigenvalue weighted by molar-refractivity contribution is 6.61. The van der Waals surface area contributed by atoms with Crippen LogP contribution in [0, 0.1) is 0 Å². The molecule has 0 bridgehead atoms. The van der Waals surface area contributed by atoms with E-state index < -0.39 is 0 Å². The first-order chi connectivity index (χ1) is 50.3. The van der Waals surface area contributed by atoms with Gasteiger partial charge in [-0.15, -0.1) is 0 Å². The van der Waals surface area contributed by atoms with Crippen LogP contribution in [0.3, 0.4) is 0 Å². The maximum atomic E-state index is 9.16. The van der Waals surface area contributed by atoms with Crippen LogP contribution in [-0.4, -0.2) is 88.5 Å². The predicted molar refractivity (Wildman–Crippen MR) is 432 cm³/mol. The fourth-order valence-electron chi connectivity index (χ4n) is 17.7. The molecule has 0 aliphatic heterocycles. The Bertz CT molecular complexity index is 4840. The Morgan fingerprint density at radius 1 is 0.275 bits per heavy atom. The fraction of sp³-hybridized carbons (Fsp3) is 0.426. The fourth-order valence-corrected chi connectivity index (χ4v) is 17.7. The van der Waals surface area contributed by atoms with Crippen molar-refractivity contribution in [3.05, 3.63) is 145 Å². The molecule has 15 aromatic rings. The van der Waals surface area contributed by atoms with Crippen molar-refractivity contribution in [2.24, 2.45) is 0 Å². The van der Waals surface area contributed by atoms with E-state index in [2.05, 4.69) is 147 Å². The van der Waals surface area contributed by atoms with Crippen LogP contribution in [0.15, 0.2) is 133 Å². The minimum atomic E-state index is -0.117. The molecule has 530 valence electrons. The molecule has 2 atom stereocenters. The van der Waals surface area contributed by atoms with Crippen molar-refractivity contribution < 1.29 is 38.6 Å². The Hall–Kier alpha value is -7.66. The second-order valence-corrected chi connectivity index (χ2v) is 30.0. The molecule has 0 aliphatic carbocycles. The third-order valence-corrected chi connectivity index (χ3v) is 22.7. The Morgan fingerprint density at radius 3 is 0.882 bits per heavy atom. The molecule has 15 rings (SSSR count). The summed E-state index contributed by atoms with van der Waals surface area (Å²) in [7, 11) is 0. The van der Waals surface area contributed by atoms with Gasteiger partial charge in [0.15, 0.2) is 0 Å². The minimum absolute atomic E-state index is 0.117. The van der Waals surface area contributed by atoms with Gasteiger partial charge in [-0.25, -0.2) is 0 Å². The number of benzene rings is 15. The highest BCUT2D eigenvalue weighted by atomic mass is 16.6. The van der Waals surface area contributed by atoms with Crippen LogP contribution in [0.2, 0.25) is 0 Å². The van der Waals surface area contributed by atoms with Gasteiger partial charge >= 0.3 is 0 Å². The van der Waals surface area contributed by atoms with Crippen LogP contribution in [0.4, 0.5) is 0 Å². The van der Waals surface area contributed by atoms with E-state index in [0.717, 1.165) is 35.5 Å². The van der Waals surface area contributed by atoms with E-state index in [1.807, 2.05) is 13.8 Å². The van der Waals surface area contributed by atoms with Gasteiger partial charge in [-0.2, -0.15) is 0 Å². The Labute approximate surface area is 602 Å². The summed E-state index contributed by atoms with van der Waals surface area (Å²) in [6.45, 7) is 12.8. The summed E-state index contributed by atoms with van der Waals surface area (Å²) in [5.41, 5.74) is 7.56. The average molecular weight is 1360 g/mol. The molecule has 0 amide bonds. The highest BCUT2D eigenvalue weighted by Crippen LogP contribution is 2.61. The van der Waals surface area contributed by atoms with Crippen molar-refractivity contribution in [2.45, 2.75) is 194 Å². The van der Waals surface area contributed by atoms with Crippen LogP contribution in [0.1, 0.15) is 180 Å². The largest absolute Gasteiger partial charge is 0.491 e. The van der Waals surface area contributed by atoms with Crippen molar-refractivity contribution >= 4 is 129 Å². The van der Waals surface area contributed by atoms with Gasteiger partial charge in [-0.3, -0.25) is 0 Å². The van der Waals surface area contributed by atoms with Crippen LogP contribution in [0.5, 0.6) is 11.5 Å². The van der Waals surface area contributed by atoms with Gasteiger partial charge in [0.05, 0.1) is 38.6 Å². The third-order valence-electron chi connectivity index (χ3n) is 22.7. The summed E-state index contributed by atoms with van der Waals surface area (Å²) in [6, 6.07) is 52.7. The van der Waals surface area contributed by atoms with E-state index >= 15 is 0 Å². The molecule has 2 N–H and O–H groups in total. The molecule has 0 spiro atoms. The Kier molecular flexibility index (Phi) is 22.4. The van der Waals surface area contributed by atoms with Gasteiger partial charge in [0.25, 0.3) is 0 Å². The van der Waals surface area contributed by atoms with Crippen molar-refractivity contribution in [3.8, 4) is 33.8 Å². The van der Waals surface area contributed by atoms with Gasteiger partial charge in [0.2, 0.25) is 0 Å². The van der Waals surface area contributed by atoms with E-state index in [1.165, 1.54) is 280 Å². The summed E-state index contributed by atoms with van der Waals surface area (Å²) in [5.74, 6) is 1.61. The quantitative estimate of drug-likeness (QED) is 0.0222. The minimum Gasteiger partial charge on any atom is -0.491 e. The zero-order valence-electron chi connectivity index (χ0n) is 61.2. The maximum Gasteiger partial charge on any atom is 0.119 e. The van der Waals surface area contributed by atoms with E-state index in [-0.39, 0.29) is 25.4 Å². The van der Waals surface area contributed by atoms with Gasteiger partial charge in [0, 0.05) is 26.4 Å². The van der Waals surface area contributed by atoms with Gasteiger partial charge < -0.3 is 38.6 Å². The van der Waals surface area contributed by atoms with Crippen molar-refractivity contribution in [2.75, 3.05) is 66.1 Å². The lowest BCUT2D eigenvalue weighted by Crippen LogP contribution is -2.20. The monoisotopic (exact) mass is 1360 g/mol. The van der Waals surface area contributed by atoms with Crippen LogP contribution in [-0.2, 0) is 31.8 Å². The zero-order valence-corrected chi connectivity index (χ0v) is 61.2. The molecule has 0 fully saturated rings. The third kappa shape index (κ3) is 14.0. The van der Waals surface area contributed by atoms with Gasteiger partial charge in [-0.1, -0.05) is 214 Å². The number of ether oxygens (including phenoxy) is 6. The van der Waals surface area contributed by atoms with Crippen LogP contribution >= 0.6 is 0 Å². The number of aliphatic hydroxyl groups is 2. The van der Waals surface area contributed by atoms with Gasteiger partial charge in [0.1, 0.15) is 24.7 Å². The Morgan fingerprint density at radius 2 is 0.559 bits per heavy atom. The summed E-state index contributed by atoms with van der Waals surface area (Å²) >= 11 is 0. The normalized spacial score (nSPS) is 13.2. The molecule has 102 heavy (non-hydrogen) atoms. The summed E-state index contributed by atoms with van der Waals surface area (Å²) in [5, 5.41) is 51.4. The van der Waals surface area contributed by atoms with E-state index in [4.69, 9.17) is 38.6 Å². The van der Waals surface area contributed by atoms with Crippen LogP contribution in [0.25, 0.3) is 152 Å². The highest BCUT2D eigenvalue weighted by Gasteiger charge is 2.33. The van der Waals surface area contributed by atoms with E-state index in [0.29, 0.717) is 65.7 Å². The predicted octanol–water partition coefficient (Wildman–Crippen LogP) is 24.8. The maximum absolute atomic E-state index is 9.16. The van der Waals surface area contributed by atoms with E-state index in [1.54, 1.807) is 0 Å². The molecular formula is C94H106O8. The molecule has 0 unspecified atom stereocenters. The number of unbranched alkanes of at least 4 members (excludes halogenated alkanes) is 18. The number of fused-ring (bicyclic) bond motifs is 6. The number of aryl methyl sites for hydroxylation is 2. The average Bonchev–Trinajstić information content (AvgIpc) is 0.644. The molecule has 0 heterocycles. The van der Waals surface area contributed by atoms with Crippen molar-refractivity contribution in [3.63, 3.8) is 0 Å². The molecular weight excluding hydrogens is 1260 g/mol. The SMILES string of the molecule is CCCCCCCCCCCCc1cc2c3cccc4c5cc(-c6ccc(OC[C@H](C)OCCOCCCO)cc6)cc6c7cc(-c8ccc(OC[C@H](C)OCCOCCCO)cc8)cc8c9cccc%10c%11cc(CCCCCCCCCCCC)cc%12c(c1)c2c1c(c34)c(c56)c(c87)c(c%109)c1c%11%12. The standard InChI is InChI=1S/C94H106O8/c1-5-7-9-11-13-15-17-19-21-23-29-63-51-75-71-31-25-33-73-79-55-67(65-35-39-69(40-36-65)101-59-61(3)99-49-47-97-45-27-43-95)57-81-82-58-68(66-37-41-70(42-38-66)102-60-62(4)100-50-48-98-46-28-44-96)56-80-74-34-26-32-72-76-52-64(30-24-22-20-18-16-14-12-10-8-6-2)54-78-77(53-63)85(75)91-89(83(71)73)93(87(79)81)94(88(80)82)90(84(72)74)92(91)86(76)78/h25-26,31-42,51-58,61-62,95-96H,5-24,27-30,43-50,59-60H2,1-4H3/t61-,62-/m0/s1. The molecule has 8 nitrogen and oxygen atoms in total. The second kappa shape index (κ2) is 32.6. The molecule has 0 aliphatic rings. The molecule has 0 aromatic heterocycles. The summed E-state index contributed by atoms with van der Waals surface area (Å²) in [6.07, 6.45) is 29.8.